The average molecular weight is 665 g/mol. The second kappa shape index (κ2) is 16.2. The van der Waals surface area contributed by atoms with E-state index in [1.165, 1.54) is 11.8 Å². The number of benzene rings is 3. The van der Waals surface area contributed by atoms with Crippen LogP contribution in [0.5, 0.6) is 0 Å². The van der Waals surface area contributed by atoms with Gasteiger partial charge < -0.3 is 30.2 Å². The largest absolute Gasteiger partial charge is 0.465 e. The Bertz CT molecular complexity index is 1740. The number of hydrogen-bond donors (Lipinski definition) is 4. The molecule has 1 unspecified atom stereocenters. The number of amides is 2. The number of nitrogens with one attached hydrogen (secondary N) is 3. The number of carbonyl (C=O) groups excluding carboxylic acids is 1. The fourth-order valence-electron chi connectivity index (χ4n) is 5.80. The Morgan fingerprint density at radius 3 is 2.25 bits per heavy atom. The third-order valence-corrected chi connectivity index (χ3v) is 9.03. The average Bonchev–Trinajstić information content (AvgIpc) is 3.61. The van der Waals surface area contributed by atoms with Crippen molar-refractivity contribution in [2.75, 3.05) is 24.2 Å². The molecule has 0 spiro atoms. The minimum Gasteiger partial charge on any atom is -0.465 e. The minimum atomic E-state index is -1.27. The number of pyridine rings is 1. The summed E-state index contributed by atoms with van der Waals surface area (Å²) in [6.07, 6.45) is 3.38. The van der Waals surface area contributed by atoms with Gasteiger partial charge in [-0.1, -0.05) is 90.6 Å². The van der Waals surface area contributed by atoms with Gasteiger partial charge >= 0.3 is 6.09 Å². The normalized spacial score (nSPS) is 16.7. The molecule has 12 heteroatoms. The SMILES string of the molecule is O=C(O)NC(C(=O)Nc1ccccc1CC[C@@H]1CNC[C@@H](CSc2nnc(-c3ccncc3)o2)O1)C(c1ccccc1)c1ccccc1. The molecule has 1 fully saturated rings. The van der Waals surface area contributed by atoms with E-state index >= 15 is 0 Å². The van der Waals surface area contributed by atoms with Crippen molar-refractivity contribution in [1.82, 2.24) is 25.8 Å². The molecule has 3 heterocycles. The summed E-state index contributed by atoms with van der Waals surface area (Å²) >= 11 is 1.46. The second-order valence-electron chi connectivity index (χ2n) is 11.4. The van der Waals surface area contributed by atoms with E-state index in [9.17, 15) is 14.7 Å². The molecule has 2 aromatic heterocycles. The lowest BCUT2D eigenvalue weighted by Gasteiger charge is -2.31. The van der Waals surface area contributed by atoms with Crippen LogP contribution in [0.25, 0.3) is 11.5 Å². The summed E-state index contributed by atoms with van der Waals surface area (Å²) in [5.74, 6) is 0.118. The molecule has 2 amide bonds. The van der Waals surface area contributed by atoms with Crippen molar-refractivity contribution in [2.24, 2.45) is 0 Å². The molecular weight excluding hydrogens is 628 g/mol. The van der Waals surface area contributed by atoms with Crippen molar-refractivity contribution in [3.63, 3.8) is 0 Å². The third-order valence-electron chi connectivity index (χ3n) is 8.08. The summed E-state index contributed by atoms with van der Waals surface area (Å²) in [4.78, 5) is 29.9. The van der Waals surface area contributed by atoms with Crippen molar-refractivity contribution in [2.45, 2.75) is 42.2 Å². The van der Waals surface area contributed by atoms with Gasteiger partial charge in [-0.3, -0.25) is 9.78 Å². The van der Waals surface area contributed by atoms with Gasteiger partial charge in [0.15, 0.2) is 0 Å². The lowest BCUT2D eigenvalue weighted by Crippen LogP contribution is -2.47. The van der Waals surface area contributed by atoms with Crippen molar-refractivity contribution >= 4 is 29.4 Å². The fourth-order valence-corrected chi connectivity index (χ4v) is 6.57. The maximum Gasteiger partial charge on any atom is 0.405 e. The predicted molar refractivity (Wildman–Crippen MR) is 183 cm³/mol. The van der Waals surface area contributed by atoms with Gasteiger partial charge in [0.25, 0.3) is 5.22 Å². The number of para-hydroxylation sites is 1. The molecule has 0 radical (unpaired) electrons. The van der Waals surface area contributed by atoms with Crippen LogP contribution in [0.1, 0.15) is 29.0 Å². The van der Waals surface area contributed by atoms with Gasteiger partial charge in [-0.25, -0.2) is 4.79 Å². The van der Waals surface area contributed by atoms with Crippen LogP contribution in [-0.4, -0.2) is 69.4 Å². The van der Waals surface area contributed by atoms with E-state index in [2.05, 4.69) is 31.1 Å². The Morgan fingerprint density at radius 1 is 0.875 bits per heavy atom. The summed E-state index contributed by atoms with van der Waals surface area (Å²) in [7, 11) is 0. The Balaban J connectivity index is 1.09. The van der Waals surface area contributed by atoms with Crippen LogP contribution in [0.2, 0.25) is 0 Å². The van der Waals surface area contributed by atoms with E-state index in [4.69, 9.17) is 9.15 Å². The van der Waals surface area contributed by atoms with E-state index in [-0.39, 0.29) is 12.2 Å². The quantitative estimate of drug-likeness (QED) is 0.117. The molecule has 3 atom stereocenters. The van der Waals surface area contributed by atoms with Crippen LogP contribution in [0, 0.1) is 0 Å². The molecule has 1 aliphatic heterocycles. The van der Waals surface area contributed by atoms with Crippen LogP contribution < -0.4 is 16.0 Å². The maximum atomic E-state index is 13.9. The molecule has 0 saturated carbocycles. The topological polar surface area (TPSA) is 151 Å². The van der Waals surface area contributed by atoms with Gasteiger partial charge in [0.05, 0.1) is 12.2 Å². The lowest BCUT2D eigenvalue weighted by molar-refractivity contribution is -0.118. The van der Waals surface area contributed by atoms with Crippen molar-refractivity contribution in [3.8, 4) is 11.5 Å². The molecule has 11 nitrogen and oxygen atoms in total. The number of hydrogen-bond acceptors (Lipinski definition) is 9. The Labute approximate surface area is 282 Å². The summed E-state index contributed by atoms with van der Waals surface area (Å²) in [6.45, 7) is 1.42. The molecule has 6 rings (SSSR count). The highest BCUT2D eigenvalue weighted by atomic mass is 32.2. The smallest absolute Gasteiger partial charge is 0.405 e. The zero-order valence-corrected chi connectivity index (χ0v) is 26.9. The summed E-state index contributed by atoms with van der Waals surface area (Å²) < 4.78 is 12.2. The van der Waals surface area contributed by atoms with Crippen LogP contribution in [0.3, 0.4) is 0 Å². The van der Waals surface area contributed by atoms with Crippen LogP contribution in [0.4, 0.5) is 10.5 Å². The number of rotatable bonds is 13. The lowest BCUT2D eigenvalue weighted by atomic mass is 9.84. The molecule has 1 aliphatic rings. The maximum absolute atomic E-state index is 13.9. The number of morpholine rings is 1. The van der Waals surface area contributed by atoms with Crippen molar-refractivity contribution in [3.05, 3.63) is 126 Å². The molecule has 4 N–H and O–H groups in total. The van der Waals surface area contributed by atoms with Gasteiger partial charge in [0.1, 0.15) is 6.04 Å². The monoisotopic (exact) mass is 664 g/mol. The molecule has 3 aromatic carbocycles. The first-order chi connectivity index (χ1) is 23.5. The number of anilines is 1. The van der Waals surface area contributed by atoms with Gasteiger partial charge in [0.2, 0.25) is 11.8 Å². The summed E-state index contributed by atoms with van der Waals surface area (Å²) in [6, 6.07) is 29.1. The van der Waals surface area contributed by atoms with E-state index in [1.54, 1.807) is 12.4 Å². The first-order valence-electron chi connectivity index (χ1n) is 15.7. The molecule has 48 heavy (non-hydrogen) atoms. The molecule has 0 aliphatic carbocycles. The minimum absolute atomic E-state index is 0.0369. The first kappa shape index (κ1) is 32.9. The van der Waals surface area contributed by atoms with Gasteiger partial charge in [-0.2, -0.15) is 0 Å². The van der Waals surface area contributed by atoms with E-state index < -0.39 is 24.0 Å². The zero-order chi connectivity index (χ0) is 33.1. The first-order valence-corrected chi connectivity index (χ1v) is 16.7. The summed E-state index contributed by atoms with van der Waals surface area (Å²) in [5.41, 5.74) is 4.04. The highest BCUT2D eigenvalue weighted by Gasteiger charge is 2.33. The number of carbonyl (C=O) groups is 2. The third kappa shape index (κ3) is 8.65. The Hall–Kier alpha value is -5.04. The van der Waals surface area contributed by atoms with E-state index in [1.807, 2.05) is 97.1 Å². The zero-order valence-electron chi connectivity index (χ0n) is 26.1. The number of thioether (sulfide) groups is 1. The summed E-state index contributed by atoms with van der Waals surface area (Å²) in [5, 5.41) is 27.5. The highest BCUT2D eigenvalue weighted by Crippen LogP contribution is 2.30. The van der Waals surface area contributed by atoms with E-state index in [0.29, 0.717) is 42.1 Å². The van der Waals surface area contributed by atoms with E-state index in [0.717, 1.165) is 28.7 Å². The number of carboxylic acid groups (broad SMARTS) is 1. The fraction of sp³-hybridized carbons (Fsp3) is 0.250. The number of ether oxygens (including phenoxy) is 1. The van der Waals surface area contributed by atoms with Crippen molar-refractivity contribution < 1.29 is 23.8 Å². The predicted octanol–water partition coefficient (Wildman–Crippen LogP) is 5.62. The van der Waals surface area contributed by atoms with Crippen LogP contribution in [0.15, 0.2) is 119 Å². The van der Waals surface area contributed by atoms with Crippen LogP contribution in [-0.2, 0) is 16.0 Å². The Kier molecular flexibility index (Phi) is 11.1. The Morgan fingerprint density at radius 2 is 1.54 bits per heavy atom. The van der Waals surface area contributed by atoms with Crippen LogP contribution >= 0.6 is 11.8 Å². The molecule has 1 saturated heterocycles. The second-order valence-corrected chi connectivity index (χ2v) is 12.3. The molecule has 246 valence electrons. The molecular formula is C36H36N6O5S. The number of aromatic nitrogens is 3. The molecule has 0 bridgehead atoms. The van der Waals surface area contributed by atoms with Gasteiger partial charge in [-0.05, 0) is 47.7 Å². The van der Waals surface area contributed by atoms with Gasteiger partial charge in [-0.15, -0.1) is 10.2 Å². The standard InChI is InChI=1S/C36H36N6O5S/c43-33(32(40-35(44)45)31(25-10-3-1-4-11-25)26-12-5-2-6-13-26)39-30-14-8-7-9-24(30)15-16-28-21-38-22-29(46-28)23-48-36-42-41-34(47-36)27-17-19-37-20-18-27/h1-14,17-20,28-29,31-32,38,40H,15-16,21-23H2,(H,39,43)(H,44,45)/t28-,29+,32?/m1/s1. The number of nitrogens with zero attached hydrogens (tertiary/aromatic N) is 3. The number of aryl methyl sites for hydroxylation is 1. The van der Waals surface area contributed by atoms with Crippen molar-refractivity contribution in [1.29, 1.82) is 0 Å². The highest BCUT2D eigenvalue weighted by molar-refractivity contribution is 7.99. The van der Waals surface area contributed by atoms with Gasteiger partial charge in [0, 0.05) is 48.4 Å². The molecule has 5 aromatic rings.